The highest BCUT2D eigenvalue weighted by molar-refractivity contribution is 5.66. The maximum atomic E-state index is 11.2. The van der Waals surface area contributed by atoms with Crippen LogP contribution in [0.5, 0.6) is 0 Å². The zero-order valence-electron chi connectivity index (χ0n) is 8.45. The van der Waals surface area contributed by atoms with Crippen LogP contribution < -0.4 is 11.3 Å². The first-order valence-electron chi connectivity index (χ1n) is 4.72. The van der Waals surface area contributed by atoms with Crippen molar-refractivity contribution >= 4 is 5.69 Å². The molecule has 0 spiro atoms. The van der Waals surface area contributed by atoms with Crippen molar-refractivity contribution in [2.45, 2.75) is 6.92 Å². The van der Waals surface area contributed by atoms with Gasteiger partial charge in [0, 0.05) is 23.0 Å². The minimum Gasteiger partial charge on any atom is -0.399 e. The monoisotopic (exact) mass is 200 g/mol. The van der Waals surface area contributed by atoms with E-state index in [0.717, 1.165) is 22.5 Å². The van der Waals surface area contributed by atoms with Crippen molar-refractivity contribution in [2.24, 2.45) is 0 Å². The fraction of sp³-hybridized carbons (Fsp3) is 0.0833. The minimum absolute atomic E-state index is 0.0938. The van der Waals surface area contributed by atoms with Gasteiger partial charge in [0.05, 0.1) is 0 Å². The minimum atomic E-state index is -0.0938. The molecule has 3 heteroatoms. The number of rotatable bonds is 1. The first kappa shape index (κ1) is 9.52. The van der Waals surface area contributed by atoms with E-state index in [2.05, 4.69) is 4.98 Å². The van der Waals surface area contributed by atoms with E-state index >= 15 is 0 Å². The Hall–Kier alpha value is -2.03. The highest BCUT2D eigenvalue weighted by Gasteiger charge is 2.02. The van der Waals surface area contributed by atoms with Crippen LogP contribution in [0.3, 0.4) is 0 Å². The molecule has 2 rings (SSSR count). The number of aromatic amines is 1. The number of hydrogen-bond acceptors (Lipinski definition) is 2. The molecule has 0 aliphatic rings. The van der Waals surface area contributed by atoms with Gasteiger partial charge in [0.25, 0.3) is 0 Å². The van der Waals surface area contributed by atoms with Crippen LogP contribution in [0.1, 0.15) is 5.56 Å². The van der Waals surface area contributed by atoms with E-state index in [4.69, 9.17) is 5.73 Å². The third-order valence-corrected chi connectivity index (χ3v) is 2.31. The van der Waals surface area contributed by atoms with Gasteiger partial charge < -0.3 is 10.7 Å². The number of aryl methyl sites for hydroxylation is 1. The Morgan fingerprint density at radius 3 is 2.67 bits per heavy atom. The standard InChI is InChI=1S/C12H12N2O/c1-8-7-9(13)5-6-10(8)11-3-2-4-12(15)14-11/h2-7H,13H2,1H3,(H,14,15). The van der Waals surface area contributed by atoms with Crippen LogP contribution >= 0.6 is 0 Å². The van der Waals surface area contributed by atoms with Gasteiger partial charge in [-0.05, 0) is 30.7 Å². The number of nitrogen functional groups attached to an aromatic ring is 1. The molecule has 0 saturated heterocycles. The van der Waals surface area contributed by atoms with Crippen molar-refractivity contribution in [2.75, 3.05) is 5.73 Å². The number of pyridine rings is 1. The summed E-state index contributed by atoms with van der Waals surface area (Å²) in [5.74, 6) is 0. The number of anilines is 1. The summed E-state index contributed by atoms with van der Waals surface area (Å²) in [6.07, 6.45) is 0. The summed E-state index contributed by atoms with van der Waals surface area (Å²) >= 11 is 0. The molecule has 0 amide bonds. The molecule has 0 unspecified atom stereocenters. The van der Waals surface area contributed by atoms with E-state index < -0.39 is 0 Å². The maximum Gasteiger partial charge on any atom is 0.248 e. The zero-order valence-corrected chi connectivity index (χ0v) is 8.45. The van der Waals surface area contributed by atoms with E-state index in [1.165, 1.54) is 6.07 Å². The molecule has 1 aromatic carbocycles. The van der Waals surface area contributed by atoms with Crippen LogP contribution in [0.4, 0.5) is 5.69 Å². The summed E-state index contributed by atoms with van der Waals surface area (Å²) in [5.41, 5.74) is 9.17. The van der Waals surface area contributed by atoms with Gasteiger partial charge in [0.15, 0.2) is 0 Å². The van der Waals surface area contributed by atoms with Crippen molar-refractivity contribution in [3.8, 4) is 11.3 Å². The fourth-order valence-corrected chi connectivity index (χ4v) is 1.59. The number of aromatic nitrogens is 1. The van der Waals surface area contributed by atoms with Gasteiger partial charge >= 0.3 is 0 Å². The molecule has 3 N–H and O–H groups in total. The molecule has 0 fully saturated rings. The quantitative estimate of drug-likeness (QED) is 0.691. The Morgan fingerprint density at radius 2 is 2.00 bits per heavy atom. The van der Waals surface area contributed by atoms with E-state index in [1.54, 1.807) is 6.07 Å². The summed E-state index contributed by atoms with van der Waals surface area (Å²) in [6, 6.07) is 10.7. The lowest BCUT2D eigenvalue weighted by Gasteiger charge is -2.06. The van der Waals surface area contributed by atoms with Gasteiger partial charge in [-0.2, -0.15) is 0 Å². The molecule has 15 heavy (non-hydrogen) atoms. The molecule has 76 valence electrons. The lowest BCUT2D eigenvalue weighted by Crippen LogP contribution is -2.04. The smallest absolute Gasteiger partial charge is 0.248 e. The second-order valence-electron chi connectivity index (χ2n) is 3.50. The molecule has 2 aromatic rings. The van der Waals surface area contributed by atoms with Crippen molar-refractivity contribution in [3.05, 3.63) is 52.3 Å². The summed E-state index contributed by atoms with van der Waals surface area (Å²) in [6.45, 7) is 1.97. The molecule has 1 heterocycles. The SMILES string of the molecule is Cc1cc(N)ccc1-c1cccc(=O)[nH]1. The number of nitrogens with two attached hydrogens (primary N) is 1. The number of nitrogens with one attached hydrogen (secondary N) is 1. The molecule has 0 aliphatic carbocycles. The third kappa shape index (κ3) is 1.91. The Bertz CT molecular complexity index is 543. The molecule has 0 saturated carbocycles. The van der Waals surface area contributed by atoms with Crippen LogP contribution in [0.2, 0.25) is 0 Å². The fourth-order valence-electron chi connectivity index (χ4n) is 1.59. The lowest BCUT2D eigenvalue weighted by atomic mass is 10.0. The number of hydrogen-bond donors (Lipinski definition) is 2. The molecule has 1 aromatic heterocycles. The Morgan fingerprint density at radius 1 is 1.20 bits per heavy atom. The molecule has 0 atom stereocenters. The van der Waals surface area contributed by atoms with Crippen LogP contribution in [-0.2, 0) is 0 Å². The van der Waals surface area contributed by atoms with Crippen molar-refractivity contribution in [3.63, 3.8) is 0 Å². The molecule has 0 aliphatic heterocycles. The normalized spacial score (nSPS) is 10.2. The average Bonchev–Trinajstić information content (AvgIpc) is 2.17. The average molecular weight is 200 g/mol. The Kier molecular flexibility index (Phi) is 2.29. The zero-order chi connectivity index (χ0) is 10.8. The van der Waals surface area contributed by atoms with Gasteiger partial charge in [0.2, 0.25) is 5.56 Å². The maximum absolute atomic E-state index is 11.2. The van der Waals surface area contributed by atoms with Gasteiger partial charge in [-0.1, -0.05) is 12.1 Å². The van der Waals surface area contributed by atoms with Crippen LogP contribution in [0.25, 0.3) is 11.3 Å². The second kappa shape index (κ2) is 3.61. The predicted molar refractivity (Wildman–Crippen MR) is 61.6 cm³/mol. The Balaban J connectivity index is 2.59. The first-order chi connectivity index (χ1) is 7.16. The van der Waals surface area contributed by atoms with E-state index in [9.17, 15) is 4.79 Å². The van der Waals surface area contributed by atoms with Gasteiger partial charge in [0.1, 0.15) is 0 Å². The molecule has 3 nitrogen and oxygen atoms in total. The first-order valence-corrected chi connectivity index (χ1v) is 4.72. The number of H-pyrrole nitrogens is 1. The lowest BCUT2D eigenvalue weighted by molar-refractivity contribution is 1.23. The van der Waals surface area contributed by atoms with Gasteiger partial charge in [-0.15, -0.1) is 0 Å². The van der Waals surface area contributed by atoms with E-state index in [-0.39, 0.29) is 5.56 Å². The summed E-state index contributed by atoms with van der Waals surface area (Å²) in [4.78, 5) is 13.9. The van der Waals surface area contributed by atoms with E-state index in [0.29, 0.717) is 0 Å². The van der Waals surface area contributed by atoms with E-state index in [1.807, 2.05) is 31.2 Å². The van der Waals surface area contributed by atoms with Gasteiger partial charge in [-0.3, -0.25) is 4.79 Å². The molecule has 0 radical (unpaired) electrons. The van der Waals surface area contributed by atoms with Crippen LogP contribution in [-0.4, -0.2) is 4.98 Å². The molecular weight excluding hydrogens is 188 g/mol. The third-order valence-electron chi connectivity index (χ3n) is 2.31. The summed E-state index contributed by atoms with van der Waals surface area (Å²) in [7, 11) is 0. The van der Waals surface area contributed by atoms with Crippen molar-refractivity contribution in [1.29, 1.82) is 0 Å². The summed E-state index contributed by atoms with van der Waals surface area (Å²) < 4.78 is 0. The topological polar surface area (TPSA) is 58.9 Å². The van der Waals surface area contributed by atoms with Crippen LogP contribution in [0.15, 0.2) is 41.2 Å². The predicted octanol–water partition coefficient (Wildman–Crippen LogP) is 1.93. The second-order valence-corrected chi connectivity index (χ2v) is 3.50. The highest BCUT2D eigenvalue weighted by atomic mass is 16.1. The molecular formula is C12H12N2O. The largest absolute Gasteiger partial charge is 0.399 e. The van der Waals surface area contributed by atoms with Gasteiger partial charge in [-0.25, -0.2) is 0 Å². The van der Waals surface area contributed by atoms with Crippen LogP contribution in [0, 0.1) is 6.92 Å². The molecule has 0 bridgehead atoms. The van der Waals surface area contributed by atoms with Crippen molar-refractivity contribution in [1.82, 2.24) is 4.98 Å². The highest BCUT2D eigenvalue weighted by Crippen LogP contribution is 2.21. The number of benzene rings is 1. The summed E-state index contributed by atoms with van der Waals surface area (Å²) in [5, 5.41) is 0. The van der Waals surface area contributed by atoms with Crippen molar-refractivity contribution < 1.29 is 0 Å². The Labute approximate surface area is 87.6 Å².